The minimum Gasteiger partial charge on any atom is -0.497 e. The number of para-hydroxylation sites is 1. The predicted octanol–water partition coefficient (Wildman–Crippen LogP) is 4.76. The molecule has 0 radical (unpaired) electrons. The summed E-state index contributed by atoms with van der Waals surface area (Å²) in [7, 11) is 1.67. The first-order valence-electron chi connectivity index (χ1n) is 7.00. The first kappa shape index (κ1) is 14.9. The minimum atomic E-state index is 0.0573. The lowest BCUT2D eigenvalue weighted by Gasteiger charge is -2.19. The molecule has 0 aliphatic heterocycles. The molecule has 2 aromatic carbocycles. The maximum absolute atomic E-state index is 5.19. The van der Waals surface area contributed by atoms with Crippen LogP contribution in [0.2, 0.25) is 0 Å². The van der Waals surface area contributed by atoms with Crippen molar-refractivity contribution in [2.24, 2.45) is 0 Å². The molecule has 21 heavy (non-hydrogen) atoms. The summed E-state index contributed by atoms with van der Waals surface area (Å²) in [6, 6.07) is 16.3. The molecule has 2 rings (SSSR count). The van der Waals surface area contributed by atoms with E-state index < -0.39 is 0 Å². The Kier molecular flexibility index (Phi) is 5.22. The van der Waals surface area contributed by atoms with Crippen LogP contribution in [0.4, 0.5) is 5.69 Å². The summed E-state index contributed by atoms with van der Waals surface area (Å²) in [6.07, 6.45) is 4.67. The van der Waals surface area contributed by atoms with Crippen LogP contribution in [0, 0.1) is 0 Å². The molecule has 2 heteroatoms. The molecule has 0 amide bonds. The molecular formula is C19H21NO. The Morgan fingerprint density at radius 3 is 2.43 bits per heavy atom. The van der Waals surface area contributed by atoms with Crippen LogP contribution in [0.1, 0.15) is 17.2 Å². The molecule has 0 heterocycles. The maximum Gasteiger partial charge on any atom is 0.118 e. The molecule has 0 aliphatic carbocycles. The number of allylic oxidation sites excluding steroid dienone is 1. The van der Waals surface area contributed by atoms with Gasteiger partial charge in [-0.05, 0) is 35.7 Å². The molecule has 0 aromatic heterocycles. The Morgan fingerprint density at radius 2 is 1.81 bits per heavy atom. The molecule has 0 unspecified atom stereocenters. The van der Waals surface area contributed by atoms with Gasteiger partial charge in [0, 0.05) is 5.69 Å². The van der Waals surface area contributed by atoms with E-state index in [0.29, 0.717) is 0 Å². The van der Waals surface area contributed by atoms with E-state index >= 15 is 0 Å². The lowest BCUT2D eigenvalue weighted by atomic mass is 10.0. The van der Waals surface area contributed by atoms with E-state index in [4.69, 9.17) is 4.74 Å². The number of benzene rings is 2. The van der Waals surface area contributed by atoms with Gasteiger partial charge < -0.3 is 10.1 Å². The van der Waals surface area contributed by atoms with Crippen LogP contribution in [0.25, 0.3) is 0 Å². The summed E-state index contributed by atoms with van der Waals surface area (Å²) >= 11 is 0. The summed E-state index contributed by atoms with van der Waals surface area (Å²) in [6.45, 7) is 7.75. The number of methoxy groups -OCH3 is 1. The summed E-state index contributed by atoms with van der Waals surface area (Å²) < 4.78 is 5.19. The fourth-order valence-corrected chi connectivity index (χ4v) is 2.25. The van der Waals surface area contributed by atoms with Crippen LogP contribution in [0.5, 0.6) is 5.75 Å². The number of nitrogens with one attached hydrogen (secondary N) is 1. The average molecular weight is 279 g/mol. The van der Waals surface area contributed by atoms with E-state index in [0.717, 1.165) is 23.4 Å². The molecule has 2 aromatic rings. The molecule has 0 spiro atoms. The van der Waals surface area contributed by atoms with E-state index in [9.17, 15) is 0 Å². The number of hydrogen-bond donors (Lipinski definition) is 1. The topological polar surface area (TPSA) is 21.3 Å². The van der Waals surface area contributed by atoms with Crippen molar-refractivity contribution in [2.45, 2.75) is 12.5 Å². The molecule has 0 saturated heterocycles. The van der Waals surface area contributed by atoms with Gasteiger partial charge in [-0.15, -0.1) is 13.2 Å². The predicted molar refractivity (Wildman–Crippen MR) is 89.9 cm³/mol. The van der Waals surface area contributed by atoms with Crippen molar-refractivity contribution < 1.29 is 4.74 Å². The zero-order chi connectivity index (χ0) is 15.1. The number of hydrogen-bond acceptors (Lipinski definition) is 2. The Hall–Kier alpha value is -2.48. The highest BCUT2D eigenvalue weighted by Gasteiger charge is 2.09. The monoisotopic (exact) mass is 279 g/mol. The van der Waals surface area contributed by atoms with Crippen molar-refractivity contribution in [2.75, 3.05) is 12.4 Å². The Bertz CT molecular complexity index is 601. The first-order valence-corrected chi connectivity index (χ1v) is 7.00. The number of anilines is 1. The molecule has 108 valence electrons. The molecule has 0 fully saturated rings. The highest BCUT2D eigenvalue weighted by molar-refractivity contribution is 5.54. The SMILES string of the molecule is C=CCc1ccccc1N[C@@H](C=C)c1ccc(OC)cc1. The molecule has 1 atom stereocenters. The van der Waals surface area contributed by atoms with E-state index in [2.05, 4.69) is 30.6 Å². The van der Waals surface area contributed by atoms with Crippen molar-refractivity contribution in [1.82, 2.24) is 0 Å². The summed E-state index contributed by atoms with van der Waals surface area (Å²) in [5.74, 6) is 0.855. The van der Waals surface area contributed by atoms with Crippen molar-refractivity contribution in [1.29, 1.82) is 0 Å². The summed E-state index contributed by atoms with van der Waals surface area (Å²) in [4.78, 5) is 0. The van der Waals surface area contributed by atoms with Gasteiger partial charge in [-0.2, -0.15) is 0 Å². The van der Waals surface area contributed by atoms with Crippen molar-refractivity contribution in [3.63, 3.8) is 0 Å². The molecule has 1 N–H and O–H groups in total. The third-order valence-corrected chi connectivity index (χ3v) is 3.40. The number of rotatable bonds is 7. The van der Waals surface area contributed by atoms with Crippen LogP contribution in [0.15, 0.2) is 73.8 Å². The molecular weight excluding hydrogens is 258 g/mol. The zero-order valence-electron chi connectivity index (χ0n) is 12.4. The zero-order valence-corrected chi connectivity index (χ0v) is 12.4. The van der Waals surface area contributed by atoms with Crippen LogP contribution < -0.4 is 10.1 Å². The van der Waals surface area contributed by atoms with Crippen molar-refractivity contribution in [3.05, 3.63) is 85.0 Å². The highest BCUT2D eigenvalue weighted by Crippen LogP contribution is 2.25. The van der Waals surface area contributed by atoms with Gasteiger partial charge in [0.1, 0.15) is 5.75 Å². The second-order valence-corrected chi connectivity index (χ2v) is 4.78. The van der Waals surface area contributed by atoms with Gasteiger partial charge in [0.05, 0.1) is 13.2 Å². The summed E-state index contributed by atoms with van der Waals surface area (Å²) in [5.41, 5.74) is 3.49. The number of ether oxygens (including phenoxy) is 1. The Balaban J connectivity index is 2.22. The molecule has 0 bridgehead atoms. The minimum absolute atomic E-state index is 0.0573. The van der Waals surface area contributed by atoms with E-state index in [1.165, 1.54) is 5.56 Å². The Labute approximate surface area is 126 Å². The van der Waals surface area contributed by atoms with Gasteiger partial charge in [-0.3, -0.25) is 0 Å². The van der Waals surface area contributed by atoms with Crippen LogP contribution in [-0.2, 0) is 6.42 Å². The third-order valence-electron chi connectivity index (χ3n) is 3.40. The normalized spacial score (nSPS) is 11.5. The quantitative estimate of drug-likeness (QED) is 0.738. The van der Waals surface area contributed by atoms with E-state index in [-0.39, 0.29) is 6.04 Å². The second kappa shape index (κ2) is 7.34. The fourth-order valence-electron chi connectivity index (χ4n) is 2.25. The molecule has 2 nitrogen and oxygen atoms in total. The third kappa shape index (κ3) is 3.76. The smallest absolute Gasteiger partial charge is 0.118 e. The standard InChI is InChI=1S/C19H21NO/c1-4-8-15-9-6-7-10-19(15)20-18(5-2)16-11-13-17(21-3)14-12-16/h4-7,9-14,18,20H,1-2,8H2,3H3/t18-/m0/s1. The van der Waals surface area contributed by atoms with Gasteiger partial charge in [-0.25, -0.2) is 0 Å². The second-order valence-electron chi connectivity index (χ2n) is 4.78. The van der Waals surface area contributed by atoms with Gasteiger partial charge >= 0.3 is 0 Å². The highest BCUT2D eigenvalue weighted by atomic mass is 16.5. The largest absolute Gasteiger partial charge is 0.497 e. The lowest BCUT2D eigenvalue weighted by Crippen LogP contribution is -2.09. The fraction of sp³-hybridized carbons (Fsp3) is 0.158. The Morgan fingerprint density at radius 1 is 1.10 bits per heavy atom. The van der Waals surface area contributed by atoms with E-state index in [1.54, 1.807) is 7.11 Å². The molecule has 0 aliphatic rings. The lowest BCUT2D eigenvalue weighted by molar-refractivity contribution is 0.414. The van der Waals surface area contributed by atoms with Crippen molar-refractivity contribution in [3.8, 4) is 5.75 Å². The van der Waals surface area contributed by atoms with Gasteiger partial charge in [0.15, 0.2) is 0 Å². The van der Waals surface area contributed by atoms with Crippen LogP contribution in [0.3, 0.4) is 0 Å². The van der Waals surface area contributed by atoms with Gasteiger partial charge in [0.2, 0.25) is 0 Å². The van der Waals surface area contributed by atoms with Crippen LogP contribution >= 0.6 is 0 Å². The van der Waals surface area contributed by atoms with E-state index in [1.807, 2.05) is 48.6 Å². The van der Waals surface area contributed by atoms with Gasteiger partial charge in [0.25, 0.3) is 0 Å². The van der Waals surface area contributed by atoms with Gasteiger partial charge in [-0.1, -0.05) is 42.5 Å². The summed E-state index contributed by atoms with van der Waals surface area (Å²) in [5, 5.41) is 3.53. The maximum atomic E-state index is 5.19. The van der Waals surface area contributed by atoms with Crippen molar-refractivity contribution >= 4 is 5.69 Å². The average Bonchev–Trinajstić information content (AvgIpc) is 2.54. The first-order chi connectivity index (χ1) is 10.3. The van der Waals surface area contributed by atoms with Crippen LogP contribution in [-0.4, -0.2) is 7.11 Å². The molecule has 0 saturated carbocycles.